The molecule has 0 aliphatic carbocycles. The lowest BCUT2D eigenvalue weighted by Crippen LogP contribution is -2.07. The fourth-order valence-corrected chi connectivity index (χ4v) is 2.03. The van der Waals surface area contributed by atoms with Gasteiger partial charge >= 0.3 is 11.7 Å². The van der Waals surface area contributed by atoms with E-state index in [4.69, 9.17) is 16.7 Å². The van der Waals surface area contributed by atoms with Gasteiger partial charge in [-0.1, -0.05) is 17.7 Å². The quantitative estimate of drug-likeness (QED) is 0.646. The van der Waals surface area contributed by atoms with E-state index in [1.807, 2.05) is 0 Å². The molecule has 2 aromatic carbocycles. The van der Waals surface area contributed by atoms with Gasteiger partial charge < -0.3 is 10.4 Å². The Labute approximate surface area is 129 Å². The molecule has 0 atom stereocenters. The molecule has 2 N–H and O–H groups in total. The van der Waals surface area contributed by atoms with Gasteiger partial charge in [0.05, 0.1) is 16.2 Å². The number of carboxylic acids is 1. The van der Waals surface area contributed by atoms with Crippen LogP contribution in [0.2, 0.25) is 5.02 Å². The molecule has 0 heterocycles. The highest BCUT2D eigenvalue weighted by Gasteiger charge is 2.15. The van der Waals surface area contributed by atoms with Gasteiger partial charge in [0.15, 0.2) is 0 Å². The zero-order valence-corrected chi connectivity index (χ0v) is 11.8. The van der Waals surface area contributed by atoms with Gasteiger partial charge in [-0.15, -0.1) is 0 Å². The molecule has 2 rings (SSSR count). The molecular weight excluding hydrogens is 315 g/mol. The van der Waals surface area contributed by atoms with Crippen LogP contribution < -0.4 is 5.32 Å². The molecule has 22 heavy (non-hydrogen) atoms. The van der Waals surface area contributed by atoms with E-state index in [0.29, 0.717) is 10.6 Å². The Morgan fingerprint density at radius 1 is 1.32 bits per heavy atom. The third kappa shape index (κ3) is 3.50. The average Bonchev–Trinajstić information content (AvgIpc) is 2.45. The average molecular weight is 325 g/mol. The predicted molar refractivity (Wildman–Crippen MR) is 78.8 cm³/mol. The van der Waals surface area contributed by atoms with E-state index in [9.17, 15) is 19.3 Å². The summed E-state index contributed by atoms with van der Waals surface area (Å²) in [5.74, 6) is -2.06. The van der Waals surface area contributed by atoms with Crippen LogP contribution in [0.5, 0.6) is 0 Å². The van der Waals surface area contributed by atoms with Crippen molar-refractivity contribution >= 4 is 28.9 Å². The van der Waals surface area contributed by atoms with Crippen molar-refractivity contribution in [1.29, 1.82) is 0 Å². The standard InChI is InChI=1S/C14H10ClFN2O4/c15-9-2-3-10(14(19)20)12(6-9)17-7-8-1-4-11(16)13(5-8)18(21)22/h1-6,17H,7H2,(H,19,20). The molecule has 0 radical (unpaired) electrons. The van der Waals surface area contributed by atoms with E-state index in [0.717, 1.165) is 12.1 Å². The Morgan fingerprint density at radius 2 is 2.05 bits per heavy atom. The second kappa shape index (κ2) is 6.40. The number of nitrogens with zero attached hydrogens (tertiary/aromatic N) is 1. The summed E-state index contributed by atoms with van der Waals surface area (Å²) in [6.07, 6.45) is 0. The van der Waals surface area contributed by atoms with Gasteiger partial charge in [-0.25, -0.2) is 4.79 Å². The minimum absolute atomic E-state index is 0.0148. The number of carbonyl (C=O) groups is 1. The normalized spacial score (nSPS) is 10.3. The summed E-state index contributed by atoms with van der Waals surface area (Å²) in [5.41, 5.74) is 0.0845. The first-order valence-electron chi connectivity index (χ1n) is 6.08. The van der Waals surface area contributed by atoms with Crippen molar-refractivity contribution in [3.8, 4) is 0 Å². The van der Waals surface area contributed by atoms with E-state index in [-0.39, 0.29) is 17.8 Å². The second-order valence-corrected chi connectivity index (χ2v) is 4.83. The highest BCUT2D eigenvalue weighted by molar-refractivity contribution is 6.31. The number of aromatic carboxylic acids is 1. The van der Waals surface area contributed by atoms with Crippen molar-refractivity contribution in [3.63, 3.8) is 0 Å². The molecule has 8 heteroatoms. The third-order valence-corrected chi connectivity index (χ3v) is 3.14. The van der Waals surface area contributed by atoms with Gasteiger partial charge in [0.25, 0.3) is 0 Å². The Kier molecular flexibility index (Phi) is 4.57. The number of nitrogens with one attached hydrogen (secondary N) is 1. The SMILES string of the molecule is O=C(O)c1ccc(Cl)cc1NCc1ccc(F)c([N+](=O)[O-])c1. The Balaban J connectivity index is 2.24. The maximum atomic E-state index is 13.2. The molecule has 0 aromatic heterocycles. The maximum absolute atomic E-state index is 13.2. The summed E-state index contributed by atoms with van der Waals surface area (Å²) in [6, 6.07) is 7.68. The summed E-state index contributed by atoms with van der Waals surface area (Å²) in [4.78, 5) is 21.0. The number of rotatable bonds is 5. The summed E-state index contributed by atoms with van der Waals surface area (Å²) in [6.45, 7) is 0.0851. The zero-order valence-electron chi connectivity index (χ0n) is 11.0. The lowest BCUT2D eigenvalue weighted by Gasteiger charge is -2.10. The van der Waals surface area contributed by atoms with Gasteiger partial charge in [-0.05, 0) is 29.8 Å². The molecule has 6 nitrogen and oxygen atoms in total. The molecule has 0 saturated heterocycles. The highest BCUT2D eigenvalue weighted by Crippen LogP contribution is 2.23. The number of hydrogen-bond donors (Lipinski definition) is 2. The fourth-order valence-electron chi connectivity index (χ4n) is 1.85. The molecular formula is C14H10ClFN2O4. The van der Waals surface area contributed by atoms with E-state index < -0.39 is 22.4 Å². The van der Waals surface area contributed by atoms with Crippen molar-refractivity contribution in [2.45, 2.75) is 6.54 Å². The number of hydrogen-bond acceptors (Lipinski definition) is 4. The van der Waals surface area contributed by atoms with Gasteiger partial charge in [0, 0.05) is 17.6 Å². The molecule has 0 aliphatic rings. The third-order valence-electron chi connectivity index (χ3n) is 2.90. The summed E-state index contributed by atoms with van der Waals surface area (Å²) < 4.78 is 13.2. The molecule has 0 amide bonds. The van der Waals surface area contributed by atoms with E-state index in [2.05, 4.69) is 5.32 Å². The van der Waals surface area contributed by atoms with Crippen LogP contribution in [0.3, 0.4) is 0 Å². The largest absolute Gasteiger partial charge is 0.478 e. The Morgan fingerprint density at radius 3 is 2.68 bits per heavy atom. The summed E-state index contributed by atoms with van der Waals surface area (Å²) in [7, 11) is 0. The number of benzene rings is 2. The minimum atomic E-state index is -1.13. The maximum Gasteiger partial charge on any atom is 0.337 e. The van der Waals surface area contributed by atoms with Crippen LogP contribution >= 0.6 is 11.6 Å². The molecule has 0 spiro atoms. The smallest absolute Gasteiger partial charge is 0.337 e. The van der Waals surface area contributed by atoms with Crippen LogP contribution in [0.1, 0.15) is 15.9 Å². The van der Waals surface area contributed by atoms with Crippen molar-refractivity contribution in [2.75, 3.05) is 5.32 Å². The summed E-state index contributed by atoms with van der Waals surface area (Å²) >= 11 is 5.82. The first kappa shape index (κ1) is 15.7. The topological polar surface area (TPSA) is 92.5 Å². The molecule has 0 unspecified atom stereocenters. The zero-order chi connectivity index (χ0) is 16.3. The second-order valence-electron chi connectivity index (χ2n) is 4.39. The lowest BCUT2D eigenvalue weighted by molar-refractivity contribution is -0.387. The van der Waals surface area contributed by atoms with Gasteiger partial charge in [0.1, 0.15) is 0 Å². The fraction of sp³-hybridized carbons (Fsp3) is 0.0714. The number of halogens is 2. The van der Waals surface area contributed by atoms with Crippen LogP contribution in [0.4, 0.5) is 15.8 Å². The molecule has 0 saturated carbocycles. The lowest BCUT2D eigenvalue weighted by atomic mass is 10.1. The van der Waals surface area contributed by atoms with Gasteiger partial charge in [0.2, 0.25) is 5.82 Å². The summed E-state index contributed by atoms with van der Waals surface area (Å²) in [5, 5.41) is 22.9. The molecule has 2 aromatic rings. The number of nitro benzene ring substituents is 1. The molecule has 0 fully saturated rings. The Bertz CT molecular complexity index is 752. The van der Waals surface area contributed by atoms with E-state index >= 15 is 0 Å². The number of anilines is 1. The van der Waals surface area contributed by atoms with Crippen LogP contribution in [0.15, 0.2) is 36.4 Å². The molecule has 0 aliphatic heterocycles. The highest BCUT2D eigenvalue weighted by atomic mass is 35.5. The monoisotopic (exact) mass is 324 g/mol. The molecule has 0 bridgehead atoms. The number of nitro groups is 1. The van der Waals surface area contributed by atoms with Crippen LogP contribution in [-0.4, -0.2) is 16.0 Å². The van der Waals surface area contributed by atoms with Gasteiger partial charge in [-0.3, -0.25) is 10.1 Å². The predicted octanol–water partition coefficient (Wildman–Crippen LogP) is 3.70. The minimum Gasteiger partial charge on any atom is -0.478 e. The van der Waals surface area contributed by atoms with Crippen molar-refractivity contribution < 1.29 is 19.2 Å². The number of carboxylic acid groups (broad SMARTS) is 1. The molecule has 114 valence electrons. The Hall–Kier alpha value is -2.67. The van der Waals surface area contributed by atoms with E-state index in [1.165, 1.54) is 24.3 Å². The van der Waals surface area contributed by atoms with E-state index in [1.54, 1.807) is 0 Å². The van der Waals surface area contributed by atoms with Crippen LogP contribution in [0, 0.1) is 15.9 Å². The van der Waals surface area contributed by atoms with Crippen LogP contribution in [-0.2, 0) is 6.54 Å². The van der Waals surface area contributed by atoms with Gasteiger partial charge in [-0.2, -0.15) is 4.39 Å². The van der Waals surface area contributed by atoms with Crippen molar-refractivity contribution in [3.05, 3.63) is 68.5 Å². The first-order valence-corrected chi connectivity index (χ1v) is 6.46. The van der Waals surface area contributed by atoms with Crippen molar-refractivity contribution in [2.24, 2.45) is 0 Å². The van der Waals surface area contributed by atoms with Crippen LogP contribution in [0.25, 0.3) is 0 Å². The van der Waals surface area contributed by atoms with Crippen molar-refractivity contribution in [1.82, 2.24) is 0 Å². The first-order chi connectivity index (χ1) is 10.4.